The van der Waals surface area contributed by atoms with Crippen LogP contribution in [0.3, 0.4) is 0 Å². The minimum atomic E-state index is 0.243. The molecule has 4 aromatic rings. The van der Waals surface area contributed by atoms with E-state index in [-0.39, 0.29) is 11.8 Å². The van der Waals surface area contributed by atoms with E-state index in [9.17, 15) is 4.79 Å². The number of likely N-dealkylation sites (tertiary alicyclic amines) is 1. The lowest BCUT2D eigenvalue weighted by atomic mass is 9.85. The predicted molar refractivity (Wildman–Crippen MR) is 155 cm³/mol. The largest absolute Gasteiger partial charge is 0.380 e. The van der Waals surface area contributed by atoms with Crippen molar-refractivity contribution in [3.05, 3.63) is 41.3 Å². The smallest absolute Gasteiger partial charge is 0.236 e. The number of ether oxygens (including phenoxy) is 1. The maximum Gasteiger partial charge on any atom is 0.236 e. The Morgan fingerprint density at radius 2 is 1.90 bits per heavy atom. The van der Waals surface area contributed by atoms with Crippen LogP contribution in [0.2, 0.25) is 0 Å². The Bertz CT molecular complexity index is 1590. The Kier molecular flexibility index (Phi) is 6.08. The van der Waals surface area contributed by atoms with E-state index in [1.165, 1.54) is 11.1 Å². The van der Waals surface area contributed by atoms with Crippen LogP contribution in [0, 0.1) is 19.3 Å². The number of nitrogens with one attached hydrogen (secondary N) is 1. The van der Waals surface area contributed by atoms with Crippen LogP contribution in [0.5, 0.6) is 0 Å². The van der Waals surface area contributed by atoms with E-state index in [2.05, 4.69) is 70.9 Å². The Hall–Kier alpha value is -3.50. The van der Waals surface area contributed by atoms with E-state index in [1.807, 2.05) is 9.42 Å². The lowest BCUT2D eigenvalue weighted by Crippen LogP contribution is -2.52. The number of carbonyl (C=O) groups is 1. The third-order valence-electron chi connectivity index (χ3n) is 9.29. The van der Waals surface area contributed by atoms with Crippen LogP contribution in [-0.4, -0.2) is 99.3 Å². The zero-order valence-corrected chi connectivity index (χ0v) is 23.9. The van der Waals surface area contributed by atoms with Gasteiger partial charge in [-0.2, -0.15) is 5.10 Å². The average molecular weight is 543 g/mol. The van der Waals surface area contributed by atoms with Crippen molar-refractivity contribution >= 4 is 28.4 Å². The molecule has 210 valence electrons. The highest BCUT2D eigenvalue weighted by Gasteiger charge is 2.44. The lowest BCUT2D eigenvalue weighted by molar-refractivity contribution is -0.133. The van der Waals surface area contributed by atoms with Crippen LogP contribution < -0.4 is 4.90 Å². The number of aromatic amines is 1. The maximum absolute atomic E-state index is 13.1. The summed E-state index contributed by atoms with van der Waals surface area (Å²) in [6, 6.07) is 4.25. The molecule has 0 saturated carbocycles. The van der Waals surface area contributed by atoms with Gasteiger partial charge in [-0.05, 0) is 56.0 Å². The molecule has 3 saturated heterocycles. The van der Waals surface area contributed by atoms with E-state index in [0.717, 1.165) is 98.2 Å². The first-order valence-electron chi connectivity index (χ1n) is 14.5. The minimum Gasteiger partial charge on any atom is -0.380 e. The van der Waals surface area contributed by atoms with Crippen molar-refractivity contribution in [3.8, 4) is 11.3 Å². The number of H-pyrrole nitrogens is 1. The Balaban J connectivity index is 1.10. The molecule has 0 aliphatic carbocycles. The molecule has 40 heavy (non-hydrogen) atoms. The van der Waals surface area contributed by atoms with Gasteiger partial charge in [0.2, 0.25) is 5.91 Å². The number of aryl methyl sites for hydroxylation is 1. The van der Waals surface area contributed by atoms with Crippen molar-refractivity contribution < 1.29 is 9.53 Å². The summed E-state index contributed by atoms with van der Waals surface area (Å²) < 4.78 is 7.29. The first-order chi connectivity index (χ1) is 19.3. The molecule has 10 heteroatoms. The highest BCUT2D eigenvalue weighted by atomic mass is 16.5. The summed E-state index contributed by atoms with van der Waals surface area (Å²) in [4.78, 5) is 33.0. The number of fused-ring (bicyclic) bond motifs is 2. The normalized spacial score (nSPS) is 19.4. The van der Waals surface area contributed by atoms with Crippen molar-refractivity contribution in [2.24, 2.45) is 5.41 Å². The number of hydrogen-bond acceptors (Lipinski definition) is 7. The zero-order valence-electron chi connectivity index (χ0n) is 23.9. The molecule has 1 N–H and O–H groups in total. The topological polar surface area (TPSA) is 94.9 Å². The Labute approximate surface area is 234 Å². The highest BCUT2D eigenvalue weighted by Crippen LogP contribution is 2.39. The van der Waals surface area contributed by atoms with Crippen LogP contribution in [0.25, 0.3) is 27.9 Å². The highest BCUT2D eigenvalue weighted by molar-refractivity contribution is 5.90. The fourth-order valence-corrected chi connectivity index (χ4v) is 6.75. The Morgan fingerprint density at radius 3 is 2.60 bits per heavy atom. The van der Waals surface area contributed by atoms with Crippen LogP contribution in [0.4, 0.5) is 5.82 Å². The van der Waals surface area contributed by atoms with E-state index in [4.69, 9.17) is 9.72 Å². The summed E-state index contributed by atoms with van der Waals surface area (Å²) in [7, 11) is 0. The molecular formula is C30H38N8O2. The SMILES string of the molecule is Cc1c(-c2[nH]c3ccc(N4CCN(C(=O)CN5CCC6(COC6)C5)CC4)nc3c2C(C)C)cn2ncnc2c1C. The molecule has 0 unspecified atom stereocenters. The molecule has 1 amide bonds. The lowest BCUT2D eigenvalue weighted by Gasteiger charge is -2.38. The maximum atomic E-state index is 13.1. The second-order valence-electron chi connectivity index (χ2n) is 12.3. The zero-order chi connectivity index (χ0) is 27.6. The molecule has 4 aromatic heterocycles. The minimum absolute atomic E-state index is 0.243. The first kappa shape index (κ1) is 25.5. The second-order valence-corrected chi connectivity index (χ2v) is 12.3. The fraction of sp³-hybridized carbons (Fsp3) is 0.533. The number of anilines is 1. The third-order valence-corrected chi connectivity index (χ3v) is 9.29. The number of piperazine rings is 1. The molecule has 3 aliphatic rings. The summed E-state index contributed by atoms with van der Waals surface area (Å²) in [6.07, 6.45) is 4.82. The van der Waals surface area contributed by atoms with Gasteiger partial charge >= 0.3 is 0 Å². The van der Waals surface area contributed by atoms with Crippen molar-refractivity contribution in [2.75, 3.05) is 63.9 Å². The fourth-order valence-electron chi connectivity index (χ4n) is 6.75. The third kappa shape index (κ3) is 4.16. The number of rotatable bonds is 5. The van der Waals surface area contributed by atoms with Gasteiger partial charge in [0, 0.05) is 55.5 Å². The quantitative estimate of drug-likeness (QED) is 0.413. The van der Waals surface area contributed by atoms with Crippen molar-refractivity contribution in [1.82, 2.24) is 34.4 Å². The van der Waals surface area contributed by atoms with Crippen LogP contribution in [0.1, 0.15) is 42.9 Å². The molecule has 0 aromatic carbocycles. The standard InChI is InChI=1S/C30H38N8O2/c1-19(2)26-27(22-13-38-29(31-18-32-38)21(4)20(22)3)33-23-5-6-24(34-28(23)26)36-9-11-37(12-10-36)25(39)14-35-8-7-30(15-35)16-40-17-30/h5-6,13,18-19,33H,7-12,14-17H2,1-4H3. The van der Waals surface area contributed by atoms with Crippen molar-refractivity contribution in [3.63, 3.8) is 0 Å². The number of aromatic nitrogens is 5. The number of carbonyl (C=O) groups excluding carboxylic acids is 1. The summed E-state index contributed by atoms with van der Waals surface area (Å²) in [6.45, 7) is 16.0. The molecule has 0 radical (unpaired) electrons. The van der Waals surface area contributed by atoms with E-state index in [0.29, 0.717) is 12.0 Å². The molecule has 0 bridgehead atoms. The van der Waals surface area contributed by atoms with Gasteiger partial charge in [0.15, 0.2) is 5.65 Å². The summed E-state index contributed by atoms with van der Waals surface area (Å²) in [5, 5.41) is 4.40. The second kappa shape index (κ2) is 9.55. The van der Waals surface area contributed by atoms with Crippen LogP contribution >= 0.6 is 0 Å². The molecule has 7 rings (SSSR count). The molecule has 10 nitrogen and oxygen atoms in total. The summed E-state index contributed by atoms with van der Waals surface area (Å²) in [5.74, 6) is 1.49. The first-order valence-corrected chi connectivity index (χ1v) is 14.5. The summed E-state index contributed by atoms with van der Waals surface area (Å²) >= 11 is 0. The van der Waals surface area contributed by atoms with Gasteiger partial charge in [-0.1, -0.05) is 13.8 Å². The Morgan fingerprint density at radius 1 is 1.10 bits per heavy atom. The van der Waals surface area contributed by atoms with Gasteiger partial charge < -0.3 is 19.5 Å². The molecule has 3 fully saturated rings. The van der Waals surface area contributed by atoms with Gasteiger partial charge in [-0.25, -0.2) is 14.5 Å². The number of hydrogen-bond donors (Lipinski definition) is 1. The molecule has 3 aliphatic heterocycles. The molecule has 0 atom stereocenters. The van der Waals surface area contributed by atoms with E-state index in [1.54, 1.807) is 6.33 Å². The molecule has 7 heterocycles. The van der Waals surface area contributed by atoms with Crippen molar-refractivity contribution in [1.29, 1.82) is 0 Å². The van der Waals surface area contributed by atoms with Crippen LogP contribution in [0.15, 0.2) is 24.7 Å². The number of nitrogens with zero attached hydrogens (tertiary/aromatic N) is 7. The van der Waals surface area contributed by atoms with Gasteiger partial charge in [0.25, 0.3) is 0 Å². The van der Waals surface area contributed by atoms with Crippen molar-refractivity contribution in [2.45, 2.75) is 40.0 Å². The molecular weight excluding hydrogens is 504 g/mol. The van der Waals surface area contributed by atoms with Crippen LogP contribution in [-0.2, 0) is 9.53 Å². The average Bonchev–Trinajstić information content (AvgIpc) is 3.67. The predicted octanol–water partition coefficient (Wildman–Crippen LogP) is 3.38. The number of pyridine rings is 2. The van der Waals surface area contributed by atoms with E-state index < -0.39 is 0 Å². The van der Waals surface area contributed by atoms with E-state index >= 15 is 0 Å². The molecule has 1 spiro atoms. The van der Waals surface area contributed by atoms with Gasteiger partial charge in [-0.15, -0.1) is 0 Å². The number of amides is 1. The monoisotopic (exact) mass is 542 g/mol. The van der Waals surface area contributed by atoms with Gasteiger partial charge in [-0.3, -0.25) is 9.69 Å². The summed E-state index contributed by atoms with van der Waals surface area (Å²) in [5.41, 5.74) is 9.01. The van der Waals surface area contributed by atoms with Gasteiger partial charge in [0.05, 0.1) is 36.5 Å². The van der Waals surface area contributed by atoms with Gasteiger partial charge in [0.1, 0.15) is 12.1 Å².